The van der Waals surface area contributed by atoms with E-state index in [-0.39, 0.29) is 17.2 Å². The molecule has 1 aromatic carbocycles. The van der Waals surface area contributed by atoms with Gasteiger partial charge in [-0.05, 0) is 48.8 Å². The van der Waals surface area contributed by atoms with Crippen LogP contribution in [0.25, 0.3) is 0 Å². The van der Waals surface area contributed by atoms with E-state index in [1.807, 2.05) is 20.8 Å². The molecule has 1 rings (SSSR count). The topological polar surface area (TPSA) is 63.5 Å². The van der Waals surface area contributed by atoms with E-state index in [4.69, 9.17) is 0 Å². The van der Waals surface area contributed by atoms with Gasteiger partial charge in [0.05, 0.1) is 9.40 Å². The second-order valence-electron chi connectivity index (χ2n) is 5.30. The third kappa shape index (κ3) is 3.66. The molecule has 0 aromatic heterocycles. The van der Waals surface area contributed by atoms with E-state index >= 15 is 0 Å². The van der Waals surface area contributed by atoms with Crippen LogP contribution in [0.15, 0.2) is 35.3 Å². The Morgan fingerprint density at radius 3 is 2.55 bits per heavy atom. The minimum absolute atomic E-state index is 0.122. The van der Waals surface area contributed by atoms with Gasteiger partial charge in [0.1, 0.15) is 0 Å². The summed E-state index contributed by atoms with van der Waals surface area (Å²) in [5.74, 6) is -0.256. The zero-order chi connectivity index (χ0) is 15.5. The first-order chi connectivity index (χ1) is 9.18. The third-order valence-corrected chi connectivity index (χ3v) is 3.43. The van der Waals surface area contributed by atoms with Crippen molar-refractivity contribution in [3.8, 4) is 0 Å². The smallest absolute Gasteiger partial charge is 0.284 e. The second-order valence-corrected chi connectivity index (χ2v) is 6.15. The van der Waals surface area contributed by atoms with Crippen molar-refractivity contribution in [2.45, 2.75) is 26.3 Å². The van der Waals surface area contributed by atoms with Crippen molar-refractivity contribution in [3.63, 3.8) is 0 Å². The van der Waals surface area contributed by atoms with Crippen molar-refractivity contribution in [1.82, 2.24) is 4.90 Å². The van der Waals surface area contributed by atoms with Crippen molar-refractivity contribution in [2.24, 2.45) is 0 Å². The highest BCUT2D eigenvalue weighted by atomic mass is 79.9. The minimum Gasteiger partial charge on any atom is -0.330 e. The van der Waals surface area contributed by atoms with Crippen molar-refractivity contribution >= 4 is 27.5 Å². The summed E-state index contributed by atoms with van der Waals surface area (Å²) in [6.45, 7) is 9.73. The molecule has 0 N–H and O–H groups in total. The molecule has 0 heterocycles. The zero-order valence-electron chi connectivity index (χ0n) is 11.7. The maximum absolute atomic E-state index is 12.5. The van der Waals surface area contributed by atoms with Gasteiger partial charge in [-0.25, -0.2) is 0 Å². The lowest BCUT2D eigenvalue weighted by molar-refractivity contribution is -0.385. The molecule has 6 heteroatoms. The predicted molar refractivity (Wildman–Crippen MR) is 81.8 cm³/mol. The standard InChI is InChI=1S/C14H17BrN2O3/c1-5-8-16(14(2,3)4)13(18)10-6-7-11(15)12(9-10)17(19)20/h5-7,9H,1,8H2,2-4H3. The van der Waals surface area contributed by atoms with E-state index in [0.29, 0.717) is 11.0 Å². The lowest BCUT2D eigenvalue weighted by Gasteiger charge is -2.35. The highest BCUT2D eigenvalue weighted by Crippen LogP contribution is 2.27. The number of hydrogen-bond donors (Lipinski definition) is 0. The Hall–Kier alpha value is -1.69. The fourth-order valence-electron chi connectivity index (χ4n) is 1.73. The number of carbonyl (C=O) groups excluding carboxylic acids is 1. The Morgan fingerprint density at radius 1 is 1.50 bits per heavy atom. The van der Waals surface area contributed by atoms with Crippen molar-refractivity contribution in [3.05, 3.63) is 51.0 Å². The van der Waals surface area contributed by atoms with Gasteiger partial charge in [0.25, 0.3) is 11.6 Å². The lowest BCUT2D eigenvalue weighted by atomic mass is 10.0. The van der Waals surface area contributed by atoms with Gasteiger partial charge < -0.3 is 4.90 Å². The first kappa shape index (κ1) is 16.4. The van der Waals surface area contributed by atoms with Gasteiger partial charge in [-0.1, -0.05) is 6.08 Å². The summed E-state index contributed by atoms with van der Waals surface area (Å²) in [6, 6.07) is 4.37. The normalized spacial score (nSPS) is 11.0. The molecule has 0 radical (unpaired) electrons. The molecule has 5 nitrogen and oxygen atoms in total. The largest absolute Gasteiger partial charge is 0.330 e. The maximum Gasteiger partial charge on any atom is 0.284 e. The Kier molecular flexibility index (Phi) is 5.05. The molecule has 20 heavy (non-hydrogen) atoms. The van der Waals surface area contributed by atoms with Gasteiger partial charge in [0, 0.05) is 23.7 Å². The fraction of sp³-hybridized carbons (Fsp3) is 0.357. The average molecular weight is 341 g/mol. The van der Waals surface area contributed by atoms with Crippen LogP contribution in [0.1, 0.15) is 31.1 Å². The summed E-state index contributed by atoms with van der Waals surface area (Å²) < 4.78 is 0.352. The van der Waals surface area contributed by atoms with E-state index in [1.165, 1.54) is 12.1 Å². The summed E-state index contributed by atoms with van der Waals surface area (Å²) >= 11 is 3.10. The Balaban J connectivity index is 3.22. The Morgan fingerprint density at radius 2 is 2.10 bits per heavy atom. The molecule has 1 aromatic rings. The van der Waals surface area contributed by atoms with Crippen LogP contribution in [0.5, 0.6) is 0 Å². The van der Waals surface area contributed by atoms with Gasteiger partial charge >= 0.3 is 0 Å². The van der Waals surface area contributed by atoms with Gasteiger partial charge in [-0.3, -0.25) is 14.9 Å². The molecule has 0 bridgehead atoms. The monoisotopic (exact) mass is 340 g/mol. The Labute approximate surface area is 126 Å². The van der Waals surface area contributed by atoms with Crippen LogP contribution in [-0.2, 0) is 0 Å². The molecule has 0 unspecified atom stereocenters. The molecular weight excluding hydrogens is 324 g/mol. The van der Waals surface area contributed by atoms with Gasteiger partial charge in [0.2, 0.25) is 0 Å². The highest BCUT2D eigenvalue weighted by molar-refractivity contribution is 9.10. The molecule has 0 atom stereocenters. The van der Waals surface area contributed by atoms with Gasteiger partial charge in [0.15, 0.2) is 0 Å². The SMILES string of the molecule is C=CCN(C(=O)c1ccc(Br)c([N+](=O)[O-])c1)C(C)(C)C. The fourth-order valence-corrected chi connectivity index (χ4v) is 2.12. The first-order valence-corrected chi connectivity index (χ1v) is 6.84. The van der Waals surface area contributed by atoms with Crippen LogP contribution in [0.2, 0.25) is 0 Å². The molecular formula is C14H17BrN2O3. The zero-order valence-corrected chi connectivity index (χ0v) is 13.3. The van der Waals surface area contributed by atoms with Crippen molar-refractivity contribution in [1.29, 1.82) is 0 Å². The summed E-state index contributed by atoms with van der Waals surface area (Å²) in [5, 5.41) is 10.9. The summed E-state index contributed by atoms with van der Waals surface area (Å²) in [6.07, 6.45) is 1.64. The van der Waals surface area contributed by atoms with E-state index < -0.39 is 10.5 Å². The number of halogens is 1. The molecule has 1 amide bonds. The summed E-state index contributed by atoms with van der Waals surface area (Å²) in [4.78, 5) is 24.5. The number of hydrogen-bond acceptors (Lipinski definition) is 3. The lowest BCUT2D eigenvalue weighted by Crippen LogP contribution is -2.45. The number of nitrogens with zero attached hydrogens (tertiary/aromatic N) is 2. The number of rotatable bonds is 4. The van der Waals surface area contributed by atoms with Crippen LogP contribution in [0.3, 0.4) is 0 Å². The number of nitro groups is 1. The molecule has 0 aliphatic rings. The predicted octanol–water partition coefficient (Wildman–Crippen LogP) is 3.78. The molecule has 0 saturated heterocycles. The van der Waals surface area contributed by atoms with E-state index in [1.54, 1.807) is 17.0 Å². The molecule has 0 spiro atoms. The summed E-state index contributed by atoms with van der Waals surface area (Å²) in [5.41, 5.74) is -0.229. The van der Waals surface area contributed by atoms with Crippen molar-refractivity contribution in [2.75, 3.05) is 6.54 Å². The number of benzene rings is 1. The summed E-state index contributed by atoms with van der Waals surface area (Å²) in [7, 11) is 0. The molecule has 0 fully saturated rings. The van der Waals surface area contributed by atoms with Crippen LogP contribution >= 0.6 is 15.9 Å². The van der Waals surface area contributed by atoms with E-state index in [2.05, 4.69) is 22.5 Å². The molecule has 0 aliphatic heterocycles. The second kappa shape index (κ2) is 6.17. The molecule has 0 aliphatic carbocycles. The first-order valence-electron chi connectivity index (χ1n) is 6.05. The van der Waals surface area contributed by atoms with Crippen LogP contribution in [0, 0.1) is 10.1 Å². The van der Waals surface area contributed by atoms with Crippen LogP contribution in [0.4, 0.5) is 5.69 Å². The van der Waals surface area contributed by atoms with E-state index in [9.17, 15) is 14.9 Å². The van der Waals surface area contributed by atoms with E-state index in [0.717, 1.165) is 0 Å². The quantitative estimate of drug-likeness (QED) is 0.476. The molecule has 108 valence electrons. The average Bonchev–Trinajstić information content (AvgIpc) is 2.34. The minimum atomic E-state index is -0.518. The molecule has 0 saturated carbocycles. The van der Waals surface area contributed by atoms with Crippen LogP contribution < -0.4 is 0 Å². The number of amides is 1. The van der Waals surface area contributed by atoms with Gasteiger partial charge in [-0.2, -0.15) is 0 Å². The highest BCUT2D eigenvalue weighted by Gasteiger charge is 2.27. The number of nitro benzene ring substituents is 1. The van der Waals surface area contributed by atoms with Gasteiger partial charge in [-0.15, -0.1) is 6.58 Å². The van der Waals surface area contributed by atoms with Crippen LogP contribution in [-0.4, -0.2) is 27.8 Å². The maximum atomic E-state index is 12.5. The number of carbonyl (C=O) groups is 1. The Bertz CT molecular complexity index is 550. The van der Waals surface area contributed by atoms with Crippen molar-refractivity contribution < 1.29 is 9.72 Å². The third-order valence-electron chi connectivity index (χ3n) is 2.76.